The van der Waals surface area contributed by atoms with Gasteiger partial charge in [0.25, 0.3) is 5.92 Å². The molecule has 9 rings (SSSR count). The van der Waals surface area contributed by atoms with Crippen LogP contribution < -0.4 is 16.0 Å². The normalized spacial score (nSPS) is 20.9. The van der Waals surface area contributed by atoms with E-state index in [-0.39, 0.29) is 46.9 Å². The molecule has 3 fully saturated rings. The minimum absolute atomic E-state index is 0.0926. The van der Waals surface area contributed by atoms with Gasteiger partial charge in [-0.15, -0.1) is 0 Å². The Bertz CT molecular complexity index is 2590. The first-order chi connectivity index (χ1) is 31.1. The van der Waals surface area contributed by atoms with Crippen LogP contribution in [0.3, 0.4) is 0 Å². The number of anilines is 1. The third-order valence-corrected chi connectivity index (χ3v) is 13.5. The van der Waals surface area contributed by atoms with E-state index < -0.39 is 35.7 Å². The minimum atomic E-state index is -3.30. The molecule has 1 aromatic heterocycles. The van der Waals surface area contributed by atoms with Gasteiger partial charge in [-0.25, -0.2) is 14.6 Å². The number of alkyl halides is 2. The van der Waals surface area contributed by atoms with Gasteiger partial charge in [-0.1, -0.05) is 64.1 Å². The SMILES string of the molecule is COC(=O)N[C@H](C(=O)N1CCC[C@H]1C1=NC2(COC2)c2ccc(-c3ccc4c(c3)C(F)(F)c3cc(-c5cnc([C@@H]6CCCN6C(=O)[C@@H](NC(=O)OC)C(C)C)[nH]5)ccc3-4)cc2N1)C(C)C. The first kappa shape index (κ1) is 43.9. The van der Waals surface area contributed by atoms with E-state index in [4.69, 9.17) is 19.2 Å². The van der Waals surface area contributed by atoms with E-state index in [0.29, 0.717) is 78.8 Å². The average Bonchev–Trinajstić information content (AvgIpc) is 4.12. The number of rotatable bonds is 10. The van der Waals surface area contributed by atoms with Gasteiger partial charge in [0.15, 0.2) is 0 Å². The number of nitrogens with one attached hydrogen (secondary N) is 4. The average molecular weight is 893 g/mol. The summed E-state index contributed by atoms with van der Waals surface area (Å²) in [6.45, 7) is 9.16. The molecular weight excluding hydrogens is 839 g/mol. The lowest BCUT2D eigenvalue weighted by Gasteiger charge is -2.44. The van der Waals surface area contributed by atoms with Gasteiger partial charge in [-0.05, 0) is 78.0 Å². The number of alkyl carbamates (subject to hydrolysis) is 2. The molecule has 4 N–H and O–H groups in total. The maximum absolute atomic E-state index is 16.7. The minimum Gasteiger partial charge on any atom is -0.453 e. The zero-order valence-electron chi connectivity index (χ0n) is 37.3. The van der Waals surface area contributed by atoms with Crippen molar-refractivity contribution in [2.75, 3.05) is 45.8 Å². The molecule has 4 amide bonds. The molecule has 1 aliphatic carbocycles. The molecular formula is C48H54F2N8O7. The number of hydrogen-bond acceptors (Lipinski definition) is 10. The number of nitrogens with zero attached hydrogens (tertiary/aromatic N) is 4. The van der Waals surface area contributed by atoms with Gasteiger partial charge in [0.2, 0.25) is 11.8 Å². The predicted molar refractivity (Wildman–Crippen MR) is 238 cm³/mol. The van der Waals surface area contributed by atoms with Crippen molar-refractivity contribution in [1.82, 2.24) is 30.4 Å². The van der Waals surface area contributed by atoms with Crippen molar-refractivity contribution in [1.29, 1.82) is 0 Å². The Hall–Kier alpha value is -6.36. The number of aromatic amines is 1. The van der Waals surface area contributed by atoms with Gasteiger partial charge < -0.3 is 44.9 Å². The fraction of sp³-hybridized carbons (Fsp3) is 0.458. The molecule has 15 nitrogen and oxygen atoms in total. The van der Waals surface area contributed by atoms with Crippen molar-refractivity contribution in [3.63, 3.8) is 0 Å². The Morgan fingerprint density at radius 1 is 0.754 bits per heavy atom. The van der Waals surface area contributed by atoms with E-state index in [2.05, 4.69) is 25.9 Å². The lowest BCUT2D eigenvalue weighted by Crippen LogP contribution is -2.56. The monoisotopic (exact) mass is 892 g/mol. The molecule has 5 aliphatic rings. The zero-order valence-corrected chi connectivity index (χ0v) is 37.3. The molecule has 1 spiro atoms. The number of hydrogen-bond donors (Lipinski definition) is 4. The Labute approximate surface area is 375 Å². The van der Waals surface area contributed by atoms with E-state index >= 15 is 8.78 Å². The molecule has 3 saturated heterocycles. The van der Waals surface area contributed by atoms with Crippen LogP contribution in [0.15, 0.2) is 65.8 Å². The van der Waals surface area contributed by atoms with Gasteiger partial charge in [0, 0.05) is 41.0 Å². The second kappa shape index (κ2) is 16.9. The number of amides is 4. The Morgan fingerprint density at radius 3 is 1.86 bits per heavy atom. The summed E-state index contributed by atoms with van der Waals surface area (Å²) in [6.07, 6.45) is 3.07. The predicted octanol–water partition coefficient (Wildman–Crippen LogP) is 7.33. The van der Waals surface area contributed by atoms with Gasteiger partial charge in [0.05, 0.1) is 51.4 Å². The van der Waals surface area contributed by atoms with Crippen LogP contribution in [-0.4, -0.2) is 108 Å². The highest BCUT2D eigenvalue weighted by Gasteiger charge is 2.48. The summed E-state index contributed by atoms with van der Waals surface area (Å²) >= 11 is 0. The molecule has 0 bridgehead atoms. The lowest BCUT2D eigenvalue weighted by atomic mass is 9.84. The summed E-state index contributed by atoms with van der Waals surface area (Å²) in [5, 5.41) is 8.87. The van der Waals surface area contributed by atoms with Gasteiger partial charge in [-0.3, -0.25) is 14.6 Å². The zero-order chi connectivity index (χ0) is 45.9. The first-order valence-electron chi connectivity index (χ1n) is 22.3. The summed E-state index contributed by atoms with van der Waals surface area (Å²) in [7, 11) is 2.52. The molecule has 0 saturated carbocycles. The number of aliphatic imine (C=N–C) groups is 1. The molecule has 342 valence electrons. The number of carbonyl (C=O) groups excluding carboxylic acids is 4. The number of benzene rings is 3. The van der Waals surface area contributed by atoms with E-state index in [1.54, 1.807) is 40.3 Å². The van der Waals surface area contributed by atoms with Crippen LogP contribution in [0.5, 0.6) is 0 Å². The van der Waals surface area contributed by atoms with E-state index in [9.17, 15) is 19.2 Å². The number of methoxy groups -OCH3 is 2. The topological polar surface area (TPSA) is 180 Å². The number of ether oxygens (including phenoxy) is 3. The van der Waals surface area contributed by atoms with E-state index in [1.165, 1.54) is 20.3 Å². The van der Waals surface area contributed by atoms with Crippen molar-refractivity contribution in [3.05, 3.63) is 83.3 Å². The quantitative estimate of drug-likeness (QED) is 0.127. The molecule has 4 atom stereocenters. The van der Waals surface area contributed by atoms with Gasteiger partial charge in [0.1, 0.15) is 29.3 Å². The summed E-state index contributed by atoms with van der Waals surface area (Å²) in [6, 6.07) is 13.7. The number of aromatic nitrogens is 2. The second-order valence-electron chi connectivity index (χ2n) is 18.3. The Morgan fingerprint density at radius 2 is 1.29 bits per heavy atom. The Balaban J connectivity index is 0.955. The van der Waals surface area contributed by atoms with Crippen LogP contribution in [0, 0.1) is 11.8 Å². The van der Waals surface area contributed by atoms with Crippen LogP contribution in [0.4, 0.5) is 24.1 Å². The van der Waals surface area contributed by atoms with Crippen LogP contribution >= 0.6 is 0 Å². The maximum atomic E-state index is 16.7. The van der Waals surface area contributed by atoms with Crippen molar-refractivity contribution < 1.29 is 42.2 Å². The molecule has 4 aliphatic heterocycles. The summed E-state index contributed by atoms with van der Waals surface area (Å²) < 4.78 is 48.7. The largest absolute Gasteiger partial charge is 0.453 e. The first-order valence-corrected chi connectivity index (χ1v) is 22.3. The molecule has 3 aromatic carbocycles. The number of carbonyl (C=O) groups is 4. The van der Waals surface area contributed by atoms with Crippen LogP contribution in [-0.2, 0) is 35.3 Å². The van der Waals surface area contributed by atoms with Crippen molar-refractivity contribution in [2.45, 2.75) is 89.0 Å². The van der Waals surface area contributed by atoms with Gasteiger partial charge >= 0.3 is 12.2 Å². The maximum Gasteiger partial charge on any atom is 0.407 e. The molecule has 0 radical (unpaired) electrons. The second-order valence-corrected chi connectivity index (χ2v) is 18.3. The third kappa shape index (κ3) is 7.66. The van der Waals surface area contributed by atoms with Gasteiger partial charge in [-0.2, -0.15) is 8.78 Å². The molecule has 17 heteroatoms. The number of amidine groups is 1. The molecule has 65 heavy (non-hydrogen) atoms. The smallest absolute Gasteiger partial charge is 0.407 e. The fourth-order valence-electron chi connectivity index (χ4n) is 9.97. The van der Waals surface area contributed by atoms with Crippen molar-refractivity contribution in [2.24, 2.45) is 16.8 Å². The van der Waals surface area contributed by atoms with Crippen molar-refractivity contribution >= 4 is 35.5 Å². The number of likely N-dealkylation sites (tertiary alicyclic amines) is 2. The molecule has 4 aromatic rings. The van der Waals surface area contributed by atoms with Crippen LogP contribution in [0.2, 0.25) is 0 Å². The third-order valence-electron chi connectivity index (χ3n) is 13.5. The van der Waals surface area contributed by atoms with Crippen LogP contribution in [0.1, 0.15) is 81.9 Å². The van der Waals surface area contributed by atoms with Crippen LogP contribution in [0.25, 0.3) is 33.5 Å². The number of H-pyrrole nitrogens is 1. The number of fused-ring (bicyclic) bond motifs is 5. The summed E-state index contributed by atoms with van der Waals surface area (Å²) in [5.41, 5.74) is 4.17. The van der Waals surface area contributed by atoms with E-state index in [0.717, 1.165) is 29.7 Å². The highest BCUT2D eigenvalue weighted by atomic mass is 19.3. The number of halogens is 2. The highest BCUT2D eigenvalue weighted by molar-refractivity contribution is 6.05. The fourth-order valence-corrected chi connectivity index (χ4v) is 9.97. The number of imidazole rings is 1. The molecule has 5 heterocycles. The molecule has 0 unspecified atom stereocenters. The Kier molecular flexibility index (Phi) is 11.4. The standard InChI is InChI=1S/C48H54F2N8O7/c1-25(2)39(54-45(61)63-5)43(59)57-17-7-9-37(57)41-51-22-36(53-41)29-12-15-31-30-14-11-27(19-33(30)48(49,50)34(31)20-29)28-13-16-32-35(21-28)52-42(56-47(32)23-65-24-47)38-10-8-18-58(38)44(60)40(26(3)4)55-46(62)64-6/h11-16,19-22,25-26,37-40H,7-10,17-18,23-24H2,1-6H3,(H,51,53)(H,52,56)(H,54,61)(H,55,62)/t37-,38-,39-,40-/m0/s1. The summed E-state index contributed by atoms with van der Waals surface area (Å²) in [5.74, 6) is -2.96. The lowest BCUT2D eigenvalue weighted by molar-refractivity contribution is -0.135. The van der Waals surface area contributed by atoms with E-state index in [1.807, 2.05) is 52.0 Å². The van der Waals surface area contributed by atoms with Crippen molar-refractivity contribution in [3.8, 4) is 33.5 Å². The highest BCUT2D eigenvalue weighted by Crippen LogP contribution is 2.53. The summed E-state index contributed by atoms with van der Waals surface area (Å²) in [4.78, 5) is 68.4.